The summed E-state index contributed by atoms with van der Waals surface area (Å²) < 4.78 is 5.52. The Morgan fingerprint density at radius 3 is 2.78 bits per heavy atom. The second kappa shape index (κ2) is 6.83. The first-order valence-corrected chi connectivity index (χ1v) is 8.98. The Balaban J connectivity index is 1.41. The molecule has 0 radical (unpaired) electrons. The van der Waals surface area contributed by atoms with Crippen LogP contribution in [-0.4, -0.2) is 27.6 Å². The number of piperidine rings is 1. The monoisotopic (exact) mass is 311 g/mol. The smallest absolute Gasteiger partial charge is 0.240 e. The number of benzene rings is 1. The minimum atomic E-state index is 0.738. The molecule has 0 spiro atoms. The summed E-state index contributed by atoms with van der Waals surface area (Å²) in [6, 6.07) is 11.1. The molecule has 2 atom stereocenters. The molecule has 1 saturated heterocycles. The third kappa shape index (κ3) is 3.47. The van der Waals surface area contributed by atoms with Crippen molar-refractivity contribution in [1.29, 1.82) is 0 Å². The van der Waals surface area contributed by atoms with Gasteiger partial charge in [-0.25, -0.2) is 0 Å². The van der Waals surface area contributed by atoms with Crippen molar-refractivity contribution < 1.29 is 4.52 Å². The summed E-state index contributed by atoms with van der Waals surface area (Å²) >= 11 is 0. The molecule has 4 heteroatoms. The fourth-order valence-corrected chi connectivity index (χ4v) is 4.30. The zero-order valence-electron chi connectivity index (χ0n) is 13.7. The largest absolute Gasteiger partial charge is 0.338 e. The molecule has 1 aliphatic heterocycles. The molecule has 0 bridgehead atoms. The molecule has 1 aromatic heterocycles. The van der Waals surface area contributed by atoms with Gasteiger partial charge in [0, 0.05) is 12.5 Å². The Kier molecular flexibility index (Phi) is 4.42. The van der Waals surface area contributed by atoms with Crippen LogP contribution < -0.4 is 0 Å². The zero-order valence-corrected chi connectivity index (χ0v) is 13.7. The highest BCUT2D eigenvalue weighted by molar-refractivity contribution is 5.18. The first-order valence-electron chi connectivity index (χ1n) is 8.98. The minimum absolute atomic E-state index is 0.738. The van der Waals surface area contributed by atoms with Gasteiger partial charge in [-0.1, -0.05) is 48.3 Å². The van der Waals surface area contributed by atoms with Crippen LogP contribution in [0, 0.1) is 5.92 Å². The third-order valence-electron chi connectivity index (χ3n) is 5.41. The van der Waals surface area contributed by atoms with Gasteiger partial charge < -0.3 is 4.52 Å². The van der Waals surface area contributed by atoms with Gasteiger partial charge in [-0.2, -0.15) is 4.98 Å². The summed E-state index contributed by atoms with van der Waals surface area (Å²) in [5.74, 6) is 2.47. The normalized spacial score (nSPS) is 25.2. The van der Waals surface area contributed by atoms with Gasteiger partial charge in [0.25, 0.3) is 0 Å². The molecule has 2 fully saturated rings. The lowest BCUT2D eigenvalue weighted by molar-refractivity contribution is 0.0466. The van der Waals surface area contributed by atoms with E-state index in [1.165, 1.54) is 50.6 Å². The highest BCUT2D eigenvalue weighted by Gasteiger charge is 2.33. The van der Waals surface area contributed by atoms with E-state index in [2.05, 4.69) is 27.2 Å². The summed E-state index contributed by atoms with van der Waals surface area (Å²) in [4.78, 5) is 7.21. The van der Waals surface area contributed by atoms with Gasteiger partial charge in [0.05, 0.1) is 6.54 Å². The van der Waals surface area contributed by atoms with Crippen LogP contribution in [-0.2, 0) is 13.0 Å². The number of nitrogens with zero attached hydrogens (tertiary/aromatic N) is 3. The SMILES string of the molecule is c1ccc(Cc2noc(CN3CCC[C@H]4CCCC[C@@H]43)n2)cc1. The molecule has 4 rings (SSSR count). The van der Waals surface area contributed by atoms with Gasteiger partial charge in [0.15, 0.2) is 5.82 Å². The van der Waals surface area contributed by atoms with Crippen LogP contribution in [0.15, 0.2) is 34.9 Å². The van der Waals surface area contributed by atoms with Crippen molar-refractivity contribution in [3.05, 3.63) is 47.6 Å². The van der Waals surface area contributed by atoms with Crippen LogP contribution in [0.4, 0.5) is 0 Å². The van der Waals surface area contributed by atoms with Crippen molar-refractivity contribution >= 4 is 0 Å². The van der Waals surface area contributed by atoms with Crippen molar-refractivity contribution in [3.8, 4) is 0 Å². The van der Waals surface area contributed by atoms with Crippen molar-refractivity contribution in [2.24, 2.45) is 5.92 Å². The molecule has 0 unspecified atom stereocenters. The van der Waals surface area contributed by atoms with Crippen LogP contribution in [0.1, 0.15) is 55.8 Å². The number of hydrogen-bond donors (Lipinski definition) is 0. The first-order chi connectivity index (χ1) is 11.4. The Bertz CT molecular complexity index is 623. The Morgan fingerprint density at radius 1 is 1.04 bits per heavy atom. The highest BCUT2D eigenvalue weighted by atomic mass is 16.5. The average Bonchev–Trinajstić information content (AvgIpc) is 3.03. The number of fused-ring (bicyclic) bond motifs is 1. The van der Waals surface area contributed by atoms with E-state index in [-0.39, 0.29) is 0 Å². The Hall–Kier alpha value is -1.68. The van der Waals surface area contributed by atoms with Crippen molar-refractivity contribution in [1.82, 2.24) is 15.0 Å². The molecule has 0 amide bonds. The van der Waals surface area contributed by atoms with Gasteiger partial charge in [-0.15, -0.1) is 0 Å². The lowest BCUT2D eigenvalue weighted by Gasteiger charge is -2.43. The van der Waals surface area contributed by atoms with Gasteiger partial charge >= 0.3 is 0 Å². The lowest BCUT2D eigenvalue weighted by Crippen LogP contribution is -2.46. The average molecular weight is 311 g/mol. The lowest BCUT2D eigenvalue weighted by atomic mass is 9.78. The van der Waals surface area contributed by atoms with E-state index in [1.54, 1.807) is 0 Å². The van der Waals surface area contributed by atoms with E-state index < -0.39 is 0 Å². The third-order valence-corrected chi connectivity index (χ3v) is 5.41. The van der Waals surface area contributed by atoms with E-state index in [4.69, 9.17) is 4.52 Å². The number of likely N-dealkylation sites (tertiary alicyclic amines) is 1. The minimum Gasteiger partial charge on any atom is -0.338 e. The zero-order chi connectivity index (χ0) is 15.5. The van der Waals surface area contributed by atoms with E-state index in [9.17, 15) is 0 Å². The molecular formula is C19H25N3O. The fraction of sp³-hybridized carbons (Fsp3) is 0.579. The van der Waals surface area contributed by atoms with Crippen molar-refractivity contribution in [2.45, 2.75) is 57.5 Å². The molecule has 2 aliphatic rings. The molecule has 23 heavy (non-hydrogen) atoms. The summed E-state index contributed by atoms with van der Waals surface area (Å²) in [5.41, 5.74) is 1.23. The first kappa shape index (κ1) is 14.9. The molecule has 2 heterocycles. The van der Waals surface area contributed by atoms with Crippen LogP contribution in [0.2, 0.25) is 0 Å². The predicted molar refractivity (Wildman–Crippen MR) is 88.9 cm³/mol. The molecule has 2 aromatic rings. The molecular weight excluding hydrogens is 286 g/mol. The highest BCUT2D eigenvalue weighted by Crippen LogP contribution is 2.35. The van der Waals surface area contributed by atoms with Crippen LogP contribution in [0.25, 0.3) is 0 Å². The van der Waals surface area contributed by atoms with E-state index >= 15 is 0 Å². The summed E-state index contributed by atoms with van der Waals surface area (Å²) in [6.07, 6.45) is 9.00. The quantitative estimate of drug-likeness (QED) is 0.861. The predicted octanol–water partition coefficient (Wildman–Crippen LogP) is 3.82. The van der Waals surface area contributed by atoms with Gasteiger partial charge in [-0.05, 0) is 43.7 Å². The van der Waals surface area contributed by atoms with E-state index in [0.717, 1.165) is 36.6 Å². The van der Waals surface area contributed by atoms with Crippen molar-refractivity contribution in [2.75, 3.05) is 6.54 Å². The number of hydrogen-bond acceptors (Lipinski definition) is 4. The summed E-state index contributed by atoms with van der Waals surface area (Å²) in [5, 5.41) is 4.17. The molecule has 4 nitrogen and oxygen atoms in total. The fourth-order valence-electron chi connectivity index (χ4n) is 4.30. The maximum absolute atomic E-state index is 5.52. The van der Waals surface area contributed by atoms with Crippen molar-refractivity contribution in [3.63, 3.8) is 0 Å². The van der Waals surface area contributed by atoms with Gasteiger partial charge in [0.1, 0.15) is 0 Å². The second-order valence-corrected chi connectivity index (χ2v) is 6.99. The molecule has 0 N–H and O–H groups in total. The van der Waals surface area contributed by atoms with Gasteiger partial charge in [0.2, 0.25) is 5.89 Å². The van der Waals surface area contributed by atoms with Crippen LogP contribution in [0.5, 0.6) is 0 Å². The number of aromatic nitrogens is 2. The molecule has 1 saturated carbocycles. The standard InChI is InChI=1S/C19H25N3O/c1-2-7-15(8-3-1)13-18-20-19(23-21-18)14-22-12-6-10-16-9-4-5-11-17(16)22/h1-3,7-8,16-17H,4-6,9-14H2/t16-,17+/m1/s1. The summed E-state index contributed by atoms with van der Waals surface area (Å²) in [6.45, 7) is 2.00. The Morgan fingerprint density at radius 2 is 1.87 bits per heavy atom. The second-order valence-electron chi connectivity index (χ2n) is 6.99. The maximum atomic E-state index is 5.52. The van der Waals surface area contributed by atoms with Crippen LogP contribution >= 0.6 is 0 Å². The molecule has 122 valence electrons. The molecule has 1 aromatic carbocycles. The van der Waals surface area contributed by atoms with E-state index in [0.29, 0.717) is 0 Å². The van der Waals surface area contributed by atoms with E-state index in [1.807, 2.05) is 18.2 Å². The topological polar surface area (TPSA) is 42.2 Å². The maximum Gasteiger partial charge on any atom is 0.240 e. The number of rotatable bonds is 4. The van der Waals surface area contributed by atoms with Gasteiger partial charge in [-0.3, -0.25) is 4.90 Å². The van der Waals surface area contributed by atoms with Crippen LogP contribution in [0.3, 0.4) is 0 Å². The molecule has 1 aliphatic carbocycles. The summed E-state index contributed by atoms with van der Waals surface area (Å²) in [7, 11) is 0. The Labute approximate surface area is 137 Å².